The van der Waals surface area contributed by atoms with Gasteiger partial charge in [-0.05, 0) is 117 Å². The molecule has 0 fully saturated rings. The number of benzene rings is 4. The number of nitrogens with zero attached hydrogens (tertiary/aromatic N) is 4. The van der Waals surface area contributed by atoms with Gasteiger partial charge in [-0.2, -0.15) is 33.7 Å². The SMILES string of the molecule is COS(=O)(=O)c1ccc(-c2c3nc(c(-c4ccc(S(=O)(=O)O)cc4)c4ccc([n-]4)c(-c4ccc(S(=O)(=O)O)cc4)c4nc(c(-c5ccc(S(=O)(=O)O)cc5)c5ccc2[n-]5)C=C4)C=C3)cc1.[Mn+3]. The Balaban J connectivity index is 0.00000592. The smallest absolute Gasteiger partial charge is 0.657 e. The van der Waals surface area contributed by atoms with Gasteiger partial charge in [0.25, 0.3) is 40.5 Å². The largest absolute Gasteiger partial charge is 3.00 e. The van der Waals surface area contributed by atoms with Crippen LogP contribution in [0.3, 0.4) is 0 Å². The van der Waals surface area contributed by atoms with Crippen LogP contribution in [0, 0.1) is 0 Å². The molecule has 8 bridgehead atoms. The van der Waals surface area contributed by atoms with Gasteiger partial charge in [-0.1, -0.05) is 72.8 Å². The molecule has 3 aromatic heterocycles. The van der Waals surface area contributed by atoms with Crippen LogP contribution in [0.25, 0.3) is 90.9 Å². The molecule has 9 rings (SSSR count). The summed E-state index contributed by atoms with van der Waals surface area (Å²) in [6, 6.07) is 29.2. The molecular weight excluding hydrogens is 972 g/mol. The summed E-state index contributed by atoms with van der Waals surface area (Å²) in [5.41, 5.74) is 6.64. The van der Waals surface area contributed by atoms with Crippen LogP contribution in [0.15, 0.2) is 141 Å². The Bertz CT molecular complexity index is 3740. The van der Waals surface area contributed by atoms with E-state index in [0.717, 1.165) is 7.11 Å². The van der Waals surface area contributed by atoms with Gasteiger partial charge in [0.15, 0.2) is 0 Å². The Kier molecular flexibility index (Phi) is 12.0. The average Bonchev–Trinajstić information content (AvgIpc) is 4.12. The molecule has 0 atom stereocenters. The monoisotopic (exact) mass is 1000 g/mol. The van der Waals surface area contributed by atoms with Crippen LogP contribution in [0.4, 0.5) is 0 Å². The van der Waals surface area contributed by atoms with Crippen LogP contribution < -0.4 is 9.97 Å². The van der Waals surface area contributed by atoms with Gasteiger partial charge in [-0.25, -0.2) is 9.97 Å². The summed E-state index contributed by atoms with van der Waals surface area (Å²) in [7, 11) is -16.7. The minimum absolute atomic E-state index is 0. The van der Waals surface area contributed by atoms with Crippen molar-refractivity contribution < 1.29 is 68.6 Å². The minimum Gasteiger partial charge on any atom is -0.657 e. The first kappa shape index (κ1) is 46.2. The third-order valence-electron chi connectivity index (χ3n) is 10.6. The van der Waals surface area contributed by atoms with Crippen molar-refractivity contribution in [2.24, 2.45) is 0 Å². The fourth-order valence-corrected chi connectivity index (χ4v) is 9.64. The number of hydrogen-bond acceptors (Lipinski definition) is 11. The zero-order valence-electron chi connectivity index (χ0n) is 33.7. The van der Waals surface area contributed by atoms with E-state index in [-0.39, 0.29) is 36.7 Å². The Labute approximate surface area is 388 Å². The first-order valence-corrected chi connectivity index (χ1v) is 24.7. The molecule has 0 amide bonds. The first-order valence-electron chi connectivity index (χ1n) is 19.0. The van der Waals surface area contributed by atoms with Crippen LogP contribution in [-0.4, -0.2) is 64.4 Å². The number of rotatable bonds is 9. The molecule has 66 heavy (non-hydrogen) atoms. The summed E-state index contributed by atoms with van der Waals surface area (Å²) in [6.07, 6.45) is 6.87. The molecule has 16 nitrogen and oxygen atoms in total. The molecule has 4 aromatic carbocycles. The molecule has 21 heteroatoms. The second-order valence-electron chi connectivity index (χ2n) is 14.5. The maximum absolute atomic E-state index is 12.6. The predicted molar refractivity (Wildman–Crippen MR) is 242 cm³/mol. The van der Waals surface area contributed by atoms with Crippen LogP contribution in [0.1, 0.15) is 22.8 Å². The molecule has 0 saturated carbocycles. The molecule has 2 aliphatic heterocycles. The van der Waals surface area contributed by atoms with Gasteiger partial charge in [-0.15, -0.1) is 22.1 Å². The third kappa shape index (κ3) is 8.84. The summed E-state index contributed by atoms with van der Waals surface area (Å²) in [4.78, 5) is 19.1. The maximum Gasteiger partial charge on any atom is 3.00 e. The second kappa shape index (κ2) is 17.1. The maximum atomic E-state index is 12.6. The first-order chi connectivity index (χ1) is 30.8. The second-order valence-corrected chi connectivity index (χ2v) is 20.5. The Morgan fingerprint density at radius 2 is 0.606 bits per heavy atom. The van der Waals surface area contributed by atoms with Gasteiger partial charge in [-0.3, -0.25) is 17.8 Å². The number of aromatic nitrogens is 4. The van der Waals surface area contributed by atoms with Crippen molar-refractivity contribution in [3.8, 4) is 44.5 Å². The van der Waals surface area contributed by atoms with Gasteiger partial charge < -0.3 is 9.97 Å². The van der Waals surface area contributed by atoms with E-state index in [9.17, 15) is 47.3 Å². The van der Waals surface area contributed by atoms with Crippen molar-refractivity contribution in [2.75, 3.05) is 7.11 Å². The van der Waals surface area contributed by atoms with E-state index in [1.807, 2.05) is 0 Å². The molecule has 0 aliphatic carbocycles. The van der Waals surface area contributed by atoms with Crippen LogP contribution in [0.2, 0.25) is 0 Å². The summed E-state index contributed by atoms with van der Waals surface area (Å²) in [5, 5.41) is 0. The topological polar surface area (TPSA) is 260 Å². The zero-order chi connectivity index (χ0) is 46.1. The van der Waals surface area contributed by atoms with Crippen molar-refractivity contribution in [1.82, 2.24) is 19.9 Å². The van der Waals surface area contributed by atoms with E-state index >= 15 is 0 Å². The third-order valence-corrected chi connectivity index (χ3v) is 14.5. The van der Waals surface area contributed by atoms with Crippen molar-refractivity contribution in [3.05, 3.63) is 144 Å². The molecule has 2 aliphatic rings. The van der Waals surface area contributed by atoms with Crippen LogP contribution in [0.5, 0.6) is 0 Å². The normalized spacial score (nSPS) is 12.8. The molecule has 0 unspecified atom stereocenters. The molecular formula is C45H30MnN4O12S4+. The summed E-state index contributed by atoms with van der Waals surface area (Å²) < 4.78 is 131. The van der Waals surface area contributed by atoms with Gasteiger partial charge >= 0.3 is 17.1 Å². The molecule has 332 valence electrons. The number of hydrogen-bond donors (Lipinski definition) is 3. The summed E-state index contributed by atoms with van der Waals surface area (Å²) in [6.45, 7) is 0. The Hall–Kier alpha value is -6.36. The van der Waals surface area contributed by atoms with Crippen molar-refractivity contribution in [2.45, 2.75) is 19.6 Å². The van der Waals surface area contributed by atoms with Gasteiger partial charge in [0, 0.05) is 0 Å². The standard InChI is InChI=1S/C45H30N4O12S4.Mn/c1-61-65(59,60)33-16-8-29(9-17-33)45-40-24-22-38(48-40)43(27-4-12-31(13-5-27)63(53,54)55)36-20-18-34(46-36)42(26-2-10-30(11-3-26)62(50,51)52)35-19-21-37(47-35)44(39-23-25-41(45)49-39)28-6-14-32(15-7-28)64(56,57)58;/h2-25H,1H3,(H,50,51,52)(H,53,54,55)(H,56,57,58);/q-2;+3. The predicted octanol–water partition coefficient (Wildman–Crippen LogP) is 7.65. The fraction of sp³-hybridized carbons (Fsp3) is 0.0222. The number of fused-ring (bicyclic) bond motifs is 8. The van der Waals surface area contributed by atoms with Crippen molar-refractivity contribution in [1.29, 1.82) is 0 Å². The van der Waals surface area contributed by atoms with E-state index < -0.39 is 40.5 Å². The Morgan fingerprint density at radius 1 is 0.379 bits per heavy atom. The fourth-order valence-electron chi connectivity index (χ4n) is 7.54. The van der Waals surface area contributed by atoms with E-state index in [4.69, 9.17) is 24.1 Å². The average molecular weight is 1000 g/mol. The van der Waals surface area contributed by atoms with E-state index in [2.05, 4.69) is 0 Å². The van der Waals surface area contributed by atoms with E-state index in [1.165, 1.54) is 84.9 Å². The van der Waals surface area contributed by atoms with Crippen molar-refractivity contribution in [3.63, 3.8) is 0 Å². The van der Waals surface area contributed by atoms with Gasteiger partial charge in [0.2, 0.25) is 0 Å². The van der Waals surface area contributed by atoms with Crippen LogP contribution in [-0.2, 0) is 61.7 Å². The summed E-state index contributed by atoms with van der Waals surface area (Å²) >= 11 is 0. The van der Waals surface area contributed by atoms with Gasteiger partial charge in [0.05, 0.1) is 49.5 Å². The zero-order valence-corrected chi connectivity index (χ0v) is 38.1. The molecule has 5 heterocycles. The minimum atomic E-state index is -4.55. The van der Waals surface area contributed by atoms with Crippen LogP contribution >= 0.6 is 0 Å². The van der Waals surface area contributed by atoms with E-state index in [1.54, 1.807) is 60.7 Å². The van der Waals surface area contributed by atoms with Gasteiger partial charge in [0.1, 0.15) is 0 Å². The molecule has 0 radical (unpaired) electrons. The molecule has 3 N–H and O–H groups in total. The quantitative estimate of drug-likeness (QED) is 0.0712. The molecule has 7 aromatic rings. The Morgan fingerprint density at radius 3 is 0.818 bits per heavy atom. The molecule has 0 saturated heterocycles. The molecule has 0 spiro atoms. The summed E-state index contributed by atoms with van der Waals surface area (Å²) in [5.74, 6) is 0. The van der Waals surface area contributed by atoms with Crippen molar-refractivity contribution >= 4 is 86.8 Å². The van der Waals surface area contributed by atoms with E-state index in [0.29, 0.717) is 89.4 Å².